The third-order valence-electron chi connectivity index (χ3n) is 2.54. The van der Waals surface area contributed by atoms with Crippen LogP contribution in [0.5, 0.6) is 5.75 Å². The lowest BCUT2D eigenvalue weighted by atomic mass is 10.2. The molecule has 1 rings (SSSR count). The number of alkyl halides is 1. The molecule has 1 aromatic carbocycles. The summed E-state index contributed by atoms with van der Waals surface area (Å²) < 4.78 is 5.18. The Morgan fingerprint density at radius 3 is 2.80 bits per heavy atom. The molecule has 84 valence electrons. The van der Waals surface area contributed by atoms with E-state index in [0.717, 1.165) is 12.3 Å². The van der Waals surface area contributed by atoms with Crippen molar-refractivity contribution in [2.45, 2.75) is 19.5 Å². The van der Waals surface area contributed by atoms with Gasteiger partial charge in [0.05, 0.1) is 7.11 Å². The number of methoxy groups -OCH3 is 1. The standard InChI is InChI=1S/C12H18ClNO/c1-10(8-13)14(2)9-11-5-4-6-12(7-11)15-3/h4-7,10H,8-9H2,1-3H3. The molecule has 1 unspecified atom stereocenters. The predicted molar refractivity (Wildman–Crippen MR) is 64.6 cm³/mol. The normalized spacial score (nSPS) is 12.9. The number of halogens is 1. The summed E-state index contributed by atoms with van der Waals surface area (Å²) in [6, 6.07) is 8.50. The zero-order chi connectivity index (χ0) is 11.3. The molecule has 0 aromatic heterocycles. The van der Waals surface area contributed by atoms with Crippen molar-refractivity contribution in [3.63, 3.8) is 0 Å². The number of hydrogen-bond donors (Lipinski definition) is 0. The summed E-state index contributed by atoms with van der Waals surface area (Å²) in [5, 5.41) is 0. The van der Waals surface area contributed by atoms with E-state index in [-0.39, 0.29) is 0 Å². The molecule has 3 heteroatoms. The third-order valence-corrected chi connectivity index (χ3v) is 2.99. The molecule has 1 atom stereocenters. The Balaban J connectivity index is 2.63. The lowest BCUT2D eigenvalue weighted by Gasteiger charge is -2.22. The Morgan fingerprint density at radius 2 is 2.20 bits per heavy atom. The van der Waals surface area contributed by atoms with E-state index < -0.39 is 0 Å². The fraction of sp³-hybridized carbons (Fsp3) is 0.500. The van der Waals surface area contributed by atoms with Crippen molar-refractivity contribution in [2.24, 2.45) is 0 Å². The summed E-state index contributed by atoms with van der Waals surface area (Å²) in [5.74, 6) is 1.56. The van der Waals surface area contributed by atoms with Gasteiger partial charge in [-0.25, -0.2) is 0 Å². The first-order valence-electron chi connectivity index (χ1n) is 5.06. The summed E-state index contributed by atoms with van der Waals surface area (Å²) in [7, 11) is 3.76. The van der Waals surface area contributed by atoms with Crippen molar-refractivity contribution in [3.05, 3.63) is 29.8 Å². The number of benzene rings is 1. The van der Waals surface area contributed by atoms with Crippen molar-refractivity contribution in [1.82, 2.24) is 4.90 Å². The van der Waals surface area contributed by atoms with Gasteiger partial charge in [0.25, 0.3) is 0 Å². The molecule has 15 heavy (non-hydrogen) atoms. The second-order valence-corrected chi connectivity index (χ2v) is 4.08. The SMILES string of the molecule is COc1cccc(CN(C)C(C)CCl)c1. The first-order chi connectivity index (χ1) is 7.17. The maximum atomic E-state index is 5.81. The van der Waals surface area contributed by atoms with Crippen LogP contribution in [0.2, 0.25) is 0 Å². The lowest BCUT2D eigenvalue weighted by molar-refractivity contribution is 0.268. The van der Waals surface area contributed by atoms with Crippen LogP contribution in [-0.4, -0.2) is 31.0 Å². The minimum Gasteiger partial charge on any atom is -0.497 e. The number of ether oxygens (including phenoxy) is 1. The van der Waals surface area contributed by atoms with Crippen LogP contribution in [0.25, 0.3) is 0 Å². The molecule has 0 bridgehead atoms. The third kappa shape index (κ3) is 3.73. The van der Waals surface area contributed by atoms with Gasteiger partial charge in [0, 0.05) is 18.5 Å². The van der Waals surface area contributed by atoms with Gasteiger partial charge >= 0.3 is 0 Å². The minimum absolute atomic E-state index is 0.387. The molecule has 1 aromatic rings. The molecule has 0 amide bonds. The van der Waals surface area contributed by atoms with Crippen LogP contribution in [0, 0.1) is 0 Å². The summed E-state index contributed by atoms with van der Waals surface area (Å²) in [6.07, 6.45) is 0. The summed E-state index contributed by atoms with van der Waals surface area (Å²) in [4.78, 5) is 2.22. The second-order valence-electron chi connectivity index (χ2n) is 3.77. The van der Waals surface area contributed by atoms with Gasteiger partial charge in [0.15, 0.2) is 0 Å². The van der Waals surface area contributed by atoms with Crippen LogP contribution in [0.15, 0.2) is 24.3 Å². The molecule has 0 fully saturated rings. The molecule has 0 saturated heterocycles. The van der Waals surface area contributed by atoms with Crippen LogP contribution >= 0.6 is 11.6 Å². The molecule has 0 radical (unpaired) electrons. The molecule has 2 nitrogen and oxygen atoms in total. The van der Waals surface area contributed by atoms with Gasteiger partial charge in [-0.15, -0.1) is 11.6 Å². The molecule has 0 aliphatic rings. The van der Waals surface area contributed by atoms with E-state index >= 15 is 0 Å². The number of nitrogens with zero attached hydrogens (tertiary/aromatic N) is 1. The average molecular weight is 228 g/mol. The summed E-state index contributed by atoms with van der Waals surface area (Å²) in [5.41, 5.74) is 1.24. The van der Waals surface area contributed by atoms with Gasteiger partial charge in [-0.1, -0.05) is 12.1 Å². The van der Waals surface area contributed by atoms with Gasteiger partial charge in [-0.3, -0.25) is 4.90 Å². The Labute approximate surface area is 96.8 Å². The van der Waals surface area contributed by atoms with Crippen molar-refractivity contribution >= 4 is 11.6 Å². The maximum absolute atomic E-state index is 5.81. The van der Waals surface area contributed by atoms with Gasteiger partial charge in [-0.05, 0) is 31.7 Å². The smallest absolute Gasteiger partial charge is 0.119 e. The van der Waals surface area contributed by atoms with Crippen LogP contribution in [0.4, 0.5) is 0 Å². The van der Waals surface area contributed by atoms with E-state index in [9.17, 15) is 0 Å². The summed E-state index contributed by atoms with van der Waals surface area (Å²) in [6.45, 7) is 3.01. The van der Waals surface area contributed by atoms with Crippen molar-refractivity contribution in [2.75, 3.05) is 20.0 Å². The molecule has 0 saturated carbocycles. The van der Waals surface area contributed by atoms with Gasteiger partial charge in [0.2, 0.25) is 0 Å². The van der Waals surface area contributed by atoms with E-state index in [0.29, 0.717) is 11.9 Å². The molecular weight excluding hydrogens is 210 g/mol. The monoisotopic (exact) mass is 227 g/mol. The zero-order valence-corrected chi connectivity index (χ0v) is 10.3. The highest BCUT2D eigenvalue weighted by atomic mass is 35.5. The van der Waals surface area contributed by atoms with E-state index in [1.165, 1.54) is 5.56 Å². The minimum atomic E-state index is 0.387. The quantitative estimate of drug-likeness (QED) is 0.718. The van der Waals surface area contributed by atoms with Gasteiger partial charge in [0.1, 0.15) is 5.75 Å². The Kier molecular flexibility index (Phi) is 4.92. The lowest BCUT2D eigenvalue weighted by Crippen LogP contribution is -2.29. The zero-order valence-electron chi connectivity index (χ0n) is 9.53. The molecule has 0 heterocycles. The van der Waals surface area contributed by atoms with Crippen molar-refractivity contribution < 1.29 is 4.74 Å². The van der Waals surface area contributed by atoms with Crippen LogP contribution < -0.4 is 4.74 Å². The Hall–Kier alpha value is -0.730. The fourth-order valence-electron chi connectivity index (χ4n) is 1.33. The molecule has 0 aliphatic heterocycles. The van der Waals surface area contributed by atoms with Gasteiger partial charge < -0.3 is 4.74 Å². The maximum Gasteiger partial charge on any atom is 0.119 e. The van der Waals surface area contributed by atoms with Crippen LogP contribution in [0.3, 0.4) is 0 Å². The van der Waals surface area contributed by atoms with E-state index in [1.807, 2.05) is 12.1 Å². The fourth-order valence-corrected chi connectivity index (χ4v) is 1.57. The second kappa shape index (κ2) is 5.99. The Bertz CT molecular complexity index is 303. The van der Waals surface area contributed by atoms with E-state index in [1.54, 1.807) is 7.11 Å². The molecular formula is C12H18ClNO. The van der Waals surface area contributed by atoms with E-state index in [4.69, 9.17) is 16.3 Å². The van der Waals surface area contributed by atoms with Crippen LogP contribution in [0.1, 0.15) is 12.5 Å². The summed E-state index contributed by atoms with van der Waals surface area (Å²) >= 11 is 5.81. The average Bonchev–Trinajstić information content (AvgIpc) is 2.28. The van der Waals surface area contributed by atoms with Crippen LogP contribution in [-0.2, 0) is 6.54 Å². The Morgan fingerprint density at radius 1 is 1.47 bits per heavy atom. The van der Waals surface area contributed by atoms with E-state index in [2.05, 4.69) is 31.0 Å². The van der Waals surface area contributed by atoms with Crippen molar-refractivity contribution in [3.8, 4) is 5.75 Å². The largest absolute Gasteiger partial charge is 0.497 e. The number of rotatable bonds is 5. The molecule has 0 spiro atoms. The first kappa shape index (κ1) is 12.3. The highest BCUT2D eigenvalue weighted by Crippen LogP contribution is 2.14. The molecule has 0 N–H and O–H groups in total. The predicted octanol–water partition coefficient (Wildman–Crippen LogP) is 2.75. The van der Waals surface area contributed by atoms with Gasteiger partial charge in [-0.2, -0.15) is 0 Å². The number of hydrogen-bond acceptors (Lipinski definition) is 2. The first-order valence-corrected chi connectivity index (χ1v) is 5.60. The van der Waals surface area contributed by atoms with Crippen molar-refractivity contribution in [1.29, 1.82) is 0 Å². The highest BCUT2D eigenvalue weighted by Gasteiger charge is 2.08. The highest BCUT2D eigenvalue weighted by molar-refractivity contribution is 6.18. The molecule has 0 aliphatic carbocycles. The topological polar surface area (TPSA) is 12.5 Å².